The molecule has 31 heavy (non-hydrogen) atoms. The summed E-state index contributed by atoms with van der Waals surface area (Å²) in [5, 5.41) is 14.4. The number of nitrogens with zero attached hydrogens (tertiary/aromatic N) is 4. The Labute approximate surface area is 181 Å². The number of anilines is 1. The lowest BCUT2D eigenvalue weighted by Gasteiger charge is -2.11. The summed E-state index contributed by atoms with van der Waals surface area (Å²) in [7, 11) is 0. The quantitative estimate of drug-likeness (QED) is 0.495. The van der Waals surface area contributed by atoms with Crippen LogP contribution in [0.1, 0.15) is 31.7 Å². The highest BCUT2D eigenvalue weighted by Crippen LogP contribution is 2.25. The van der Waals surface area contributed by atoms with Crippen LogP contribution >= 0.6 is 11.8 Å². The monoisotopic (exact) mass is 451 g/mol. The molecular formula is C20H20F3N5O2S. The first kappa shape index (κ1) is 22.6. The Kier molecular flexibility index (Phi) is 7.16. The Hall–Kier alpha value is -3.08. The van der Waals surface area contributed by atoms with Gasteiger partial charge in [-0.1, -0.05) is 37.7 Å². The maximum Gasteiger partial charge on any atom is 0.573 e. The molecule has 1 amide bonds. The number of halogens is 3. The van der Waals surface area contributed by atoms with E-state index in [0.717, 1.165) is 30.3 Å². The van der Waals surface area contributed by atoms with Gasteiger partial charge in [0, 0.05) is 5.69 Å². The van der Waals surface area contributed by atoms with Gasteiger partial charge < -0.3 is 10.1 Å². The molecule has 0 spiro atoms. The lowest BCUT2D eigenvalue weighted by molar-refractivity contribution is -0.274. The first-order valence-corrected chi connectivity index (χ1v) is 10.4. The van der Waals surface area contributed by atoms with Crippen molar-refractivity contribution in [2.45, 2.75) is 37.7 Å². The Balaban J connectivity index is 1.58. The Bertz CT molecular complexity index is 1010. The molecule has 0 bridgehead atoms. The van der Waals surface area contributed by atoms with Crippen molar-refractivity contribution in [3.05, 3.63) is 54.1 Å². The molecule has 0 fully saturated rings. The fourth-order valence-corrected chi connectivity index (χ4v) is 3.37. The fraction of sp³-hybridized carbons (Fsp3) is 0.300. The van der Waals surface area contributed by atoms with E-state index in [2.05, 4.69) is 39.4 Å². The molecule has 1 aromatic heterocycles. The van der Waals surface area contributed by atoms with Crippen molar-refractivity contribution in [3.8, 4) is 11.4 Å². The number of aromatic nitrogens is 4. The number of carbonyl (C=O) groups is 1. The van der Waals surface area contributed by atoms with Gasteiger partial charge in [-0.2, -0.15) is 4.68 Å². The summed E-state index contributed by atoms with van der Waals surface area (Å²) in [6, 6.07) is 12.8. The molecule has 1 heterocycles. The van der Waals surface area contributed by atoms with Gasteiger partial charge in [-0.15, -0.1) is 18.3 Å². The van der Waals surface area contributed by atoms with Crippen LogP contribution in [0, 0.1) is 0 Å². The molecule has 1 N–H and O–H groups in total. The van der Waals surface area contributed by atoms with Gasteiger partial charge >= 0.3 is 6.36 Å². The lowest BCUT2D eigenvalue weighted by atomic mass is 9.99. The summed E-state index contributed by atoms with van der Waals surface area (Å²) < 4.78 is 42.0. The number of hydrogen-bond acceptors (Lipinski definition) is 6. The molecule has 1 atom stereocenters. The SMILES string of the molecule is CC[C@@H](C)c1ccc(NC(=O)CSc2nnnn2-c2ccc(OC(F)(F)F)cc2)cc1. The van der Waals surface area contributed by atoms with Crippen molar-refractivity contribution < 1.29 is 22.7 Å². The largest absolute Gasteiger partial charge is 0.573 e. The fourth-order valence-electron chi connectivity index (χ4n) is 2.68. The first-order chi connectivity index (χ1) is 14.7. The van der Waals surface area contributed by atoms with E-state index in [1.165, 1.54) is 22.4 Å². The molecule has 0 radical (unpaired) electrons. The molecule has 0 saturated heterocycles. The van der Waals surface area contributed by atoms with Crippen LogP contribution in [0.4, 0.5) is 18.9 Å². The maximum atomic E-state index is 12.3. The van der Waals surface area contributed by atoms with Crippen LogP contribution in [0.15, 0.2) is 53.7 Å². The number of hydrogen-bond donors (Lipinski definition) is 1. The number of ether oxygens (including phenoxy) is 1. The molecule has 11 heteroatoms. The van der Waals surface area contributed by atoms with Crippen molar-refractivity contribution in [1.29, 1.82) is 0 Å². The molecule has 0 aliphatic carbocycles. The van der Waals surface area contributed by atoms with Gasteiger partial charge in [0.25, 0.3) is 0 Å². The molecule has 0 aliphatic rings. The van der Waals surface area contributed by atoms with Crippen LogP contribution in [0.2, 0.25) is 0 Å². The number of thioether (sulfide) groups is 1. The van der Waals surface area contributed by atoms with Crippen LogP contribution < -0.4 is 10.1 Å². The zero-order valence-electron chi connectivity index (χ0n) is 16.8. The molecule has 7 nitrogen and oxygen atoms in total. The summed E-state index contributed by atoms with van der Waals surface area (Å²) in [6.45, 7) is 4.27. The third-order valence-corrected chi connectivity index (χ3v) is 5.38. The molecule has 3 rings (SSSR count). The van der Waals surface area contributed by atoms with Crippen LogP contribution in [0.25, 0.3) is 5.69 Å². The predicted molar refractivity (Wildman–Crippen MR) is 110 cm³/mol. The first-order valence-electron chi connectivity index (χ1n) is 9.42. The Morgan fingerprint density at radius 2 is 1.84 bits per heavy atom. The van der Waals surface area contributed by atoms with Gasteiger partial charge in [-0.25, -0.2) is 0 Å². The van der Waals surface area contributed by atoms with Crippen molar-refractivity contribution in [2.24, 2.45) is 0 Å². The lowest BCUT2D eigenvalue weighted by Crippen LogP contribution is -2.17. The van der Waals surface area contributed by atoms with Gasteiger partial charge in [0.15, 0.2) is 0 Å². The molecular weight excluding hydrogens is 431 g/mol. The van der Waals surface area contributed by atoms with Crippen molar-refractivity contribution in [2.75, 3.05) is 11.1 Å². The molecule has 0 unspecified atom stereocenters. The highest BCUT2D eigenvalue weighted by atomic mass is 32.2. The van der Waals surface area contributed by atoms with Gasteiger partial charge in [-0.05, 0) is 64.7 Å². The zero-order valence-corrected chi connectivity index (χ0v) is 17.6. The molecule has 164 valence electrons. The van der Waals surface area contributed by atoms with E-state index in [1.54, 1.807) is 0 Å². The van der Waals surface area contributed by atoms with Crippen LogP contribution in [0.3, 0.4) is 0 Å². The second-order valence-electron chi connectivity index (χ2n) is 6.68. The van der Waals surface area contributed by atoms with Crippen molar-refractivity contribution in [1.82, 2.24) is 20.2 Å². The smallest absolute Gasteiger partial charge is 0.406 e. The average molecular weight is 451 g/mol. The van der Waals surface area contributed by atoms with Crippen molar-refractivity contribution in [3.63, 3.8) is 0 Å². The molecule has 0 saturated carbocycles. The molecule has 3 aromatic rings. The van der Waals surface area contributed by atoms with E-state index in [-0.39, 0.29) is 17.4 Å². The average Bonchev–Trinajstić information content (AvgIpc) is 3.20. The number of amides is 1. The minimum atomic E-state index is -4.76. The second kappa shape index (κ2) is 9.82. The topological polar surface area (TPSA) is 81.9 Å². The second-order valence-corrected chi connectivity index (χ2v) is 7.63. The van der Waals surface area contributed by atoms with Gasteiger partial charge in [0.1, 0.15) is 5.75 Å². The maximum absolute atomic E-state index is 12.3. The van der Waals surface area contributed by atoms with Crippen LogP contribution in [0.5, 0.6) is 5.75 Å². The van der Waals surface area contributed by atoms with Gasteiger partial charge in [0.05, 0.1) is 11.4 Å². The molecule has 0 aliphatic heterocycles. The summed E-state index contributed by atoms with van der Waals surface area (Å²) in [4.78, 5) is 12.3. The normalized spacial score (nSPS) is 12.4. The van der Waals surface area contributed by atoms with E-state index >= 15 is 0 Å². The number of carbonyl (C=O) groups excluding carboxylic acids is 1. The van der Waals surface area contributed by atoms with Crippen molar-refractivity contribution >= 4 is 23.4 Å². The Morgan fingerprint density at radius 1 is 1.16 bits per heavy atom. The highest BCUT2D eigenvalue weighted by Gasteiger charge is 2.31. The third kappa shape index (κ3) is 6.45. The third-order valence-electron chi connectivity index (χ3n) is 4.46. The van der Waals surface area contributed by atoms with E-state index < -0.39 is 6.36 Å². The zero-order chi connectivity index (χ0) is 22.4. The summed E-state index contributed by atoms with van der Waals surface area (Å²) in [5.41, 5.74) is 2.33. The minimum Gasteiger partial charge on any atom is -0.406 e. The summed E-state index contributed by atoms with van der Waals surface area (Å²) >= 11 is 1.11. The van der Waals surface area contributed by atoms with E-state index in [4.69, 9.17) is 0 Å². The van der Waals surface area contributed by atoms with Crippen LogP contribution in [-0.4, -0.2) is 38.2 Å². The summed E-state index contributed by atoms with van der Waals surface area (Å²) in [5.74, 6) is -0.0711. The van der Waals surface area contributed by atoms with E-state index in [9.17, 15) is 18.0 Å². The predicted octanol–water partition coefficient (Wildman–Crippen LogP) is 4.81. The van der Waals surface area contributed by atoms with E-state index in [0.29, 0.717) is 22.4 Å². The van der Waals surface area contributed by atoms with Crippen LogP contribution in [-0.2, 0) is 4.79 Å². The molecule has 2 aromatic carbocycles. The standard InChI is InChI=1S/C20H20F3N5O2S/c1-3-13(2)14-4-6-15(7-5-14)24-18(29)12-31-19-25-26-27-28(19)16-8-10-17(11-9-16)30-20(21,22)23/h4-11,13H,3,12H2,1-2H3,(H,24,29)/t13-/m1/s1. The summed E-state index contributed by atoms with van der Waals surface area (Å²) in [6.07, 6.45) is -3.73. The van der Waals surface area contributed by atoms with E-state index in [1.807, 2.05) is 24.3 Å². The number of alkyl halides is 3. The van der Waals surface area contributed by atoms with Gasteiger partial charge in [0.2, 0.25) is 11.1 Å². The number of nitrogens with one attached hydrogen (secondary N) is 1. The number of tetrazole rings is 1. The Morgan fingerprint density at radius 3 is 2.45 bits per heavy atom. The van der Waals surface area contributed by atoms with Gasteiger partial charge in [-0.3, -0.25) is 4.79 Å². The number of rotatable bonds is 8. The highest BCUT2D eigenvalue weighted by molar-refractivity contribution is 7.99. The number of benzene rings is 2. The minimum absolute atomic E-state index is 0.0583.